The zero-order valence-electron chi connectivity index (χ0n) is 18.0. The van der Waals surface area contributed by atoms with Gasteiger partial charge in [-0.2, -0.15) is 13.2 Å². The van der Waals surface area contributed by atoms with Gasteiger partial charge in [0.1, 0.15) is 18.0 Å². The van der Waals surface area contributed by atoms with Gasteiger partial charge in [-0.25, -0.2) is 4.98 Å². The minimum atomic E-state index is -4.52. The maximum absolute atomic E-state index is 13.1. The average molecular weight is 512 g/mol. The number of fused-ring (bicyclic) bond motifs is 2. The number of hydrogen-bond donors (Lipinski definition) is 0. The number of alkyl halides is 3. The quantitative estimate of drug-likeness (QED) is 0.233. The van der Waals surface area contributed by atoms with Gasteiger partial charge in [-0.3, -0.25) is 4.79 Å². The molecule has 0 aliphatic rings. The molecule has 0 N–H and O–H groups in total. The van der Waals surface area contributed by atoms with E-state index < -0.39 is 30.7 Å². The number of carboxylic acids is 1. The second kappa shape index (κ2) is 11.3. The van der Waals surface area contributed by atoms with Crippen LogP contribution in [0.5, 0.6) is 0 Å². The van der Waals surface area contributed by atoms with E-state index in [1.165, 1.54) is 47.7 Å². The monoisotopic (exact) mass is 511 g/mol. The summed E-state index contributed by atoms with van der Waals surface area (Å²) in [6.07, 6.45) is -2.81. The number of anilines is 1. The number of carbonyl (C=O) groups excluding carboxylic acids is 1. The van der Waals surface area contributed by atoms with Gasteiger partial charge >= 0.3 is 35.7 Å². The molecule has 0 saturated heterocycles. The van der Waals surface area contributed by atoms with Crippen molar-refractivity contribution in [2.45, 2.75) is 17.6 Å². The summed E-state index contributed by atoms with van der Waals surface area (Å²) in [6, 6.07) is 5.65. The molecule has 0 amide bonds. The topological polar surface area (TPSA) is 87.5 Å². The second-order valence-corrected chi connectivity index (χ2v) is 8.06. The third kappa shape index (κ3) is 6.14. The van der Waals surface area contributed by atoms with Crippen LogP contribution in [0.4, 0.5) is 19.0 Å². The van der Waals surface area contributed by atoms with E-state index in [4.69, 9.17) is 16.3 Å². The molecule has 0 aliphatic heterocycles. The molecule has 0 bridgehead atoms. The van der Waals surface area contributed by atoms with Gasteiger partial charge in [0.05, 0.1) is 39.9 Å². The molecule has 0 unspecified atom stereocenters. The predicted octanol–water partition coefficient (Wildman–Crippen LogP) is -0.306. The van der Waals surface area contributed by atoms with E-state index in [1.54, 1.807) is 6.26 Å². The maximum atomic E-state index is 13.1. The van der Waals surface area contributed by atoms with Gasteiger partial charge in [0.2, 0.25) is 0 Å². The van der Waals surface area contributed by atoms with Crippen LogP contribution in [0, 0.1) is 0 Å². The Bertz CT molecular complexity index is 1240. The van der Waals surface area contributed by atoms with Crippen molar-refractivity contribution in [2.24, 2.45) is 0 Å². The first-order chi connectivity index (χ1) is 15.1. The molecule has 0 saturated carbocycles. The SMILES string of the molecule is COCCN(CC(F)(F)F)c1ccc2c(=O)c3ccc(Cl)c(SC)c3n(CC(=O)[O-])c2n1.[Na+]. The summed E-state index contributed by atoms with van der Waals surface area (Å²) in [4.78, 5) is 30.3. The van der Waals surface area contributed by atoms with Crippen LogP contribution in [0.25, 0.3) is 21.9 Å². The third-order valence-corrected chi connectivity index (χ3v) is 5.96. The number of thioether (sulfide) groups is 1. The summed E-state index contributed by atoms with van der Waals surface area (Å²) in [5, 5.41) is 12.1. The zero-order valence-corrected chi connectivity index (χ0v) is 21.6. The number of hydrogen-bond acceptors (Lipinski definition) is 7. The predicted molar refractivity (Wildman–Crippen MR) is 115 cm³/mol. The molecule has 172 valence electrons. The number of halogens is 4. The van der Waals surface area contributed by atoms with Crippen LogP contribution >= 0.6 is 23.4 Å². The number of ether oxygens (including phenoxy) is 1. The summed E-state index contributed by atoms with van der Waals surface area (Å²) in [6.45, 7) is -2.08. The van der Waals surface area contributed by atoms with Crippen LogP contribution in [-0.4, -0.2) is 54.8 Å². The van der Waals surface area contributed by atoms with E-state index in [2.05, 4.69) is 4.98 Å². The fourth-order valence-electron chi connectivity index (χ4n) is 3.42. The van der Waals surface area contributed by atoms with Gasteiger partial charge in [0.15, 0.2) is 5.43 Å². The molecule has 1 aromatic carbocycles. The standard InChI is InChI=1S/C20H19ClF3N3O4S.Na/c1-31-8-7-26(10-20(22,23)24)14-6-4-12-17(30)11-3-5-13(21)18(32-2)16(11)27(9-15(28)29)19(12)25-14;/h3-6H,7-10H2,1-2H3,(H,28,29);/q;+1/p-1. The Kier molecular flexibility index (Phi) is 9.49. The molecule has 3 rings (SSSR count). The van der Waals surface area contributed by atoms with E-state index in [0.717, 1.165) is 4.90 Å². The van der Waals surface area contributed by atoms with Crippen molar-refractivity contribution in [3.63, 3.8) is 0 Å². The maximum Gasteiger partial charge on any atom is 1.00 e. The molecular weight excluding hydrogens is 494 g/mol. The number of carboxylic acid groups (broad SMARTS) is 1. The molecule has 0 spiro atoms. The third-order valence-electron chi connectivity index (χ3n) is 4.71. The molecular formula is C20H18ClF3N3NaO4S. The van der Waals surface area contributed by atoms with Crippen LogP contribution in [0.3, 0.4) is 0 Å². The summed E-state index contributed by atoms with van der Waals surface area (Å²) >= 11 is 7.46. The van der Waals surface area contributed by atoms with Gasteiger partial charge in [0, 0.05) is 19.0 Å². The van der Waals surface area contributed by atoms with Crippen molar-refractivity contribution in [1.82, 2.24) is 9.55 Å². The Hall–Kier alpha value is -1.50. The number of aliphatic carboxylic acids is 1. The van der Waals surface area contributed by atoms with Crippen LogP contribution in [-0.2, 0) is 16.1 Å². The number of nitrogens with zero attached hydrogens (tertiary/aromatic N) is 3. The summed E-state index contributed by atoms with van der Waals surface area (Å²) in [7, 11) is 1.36. The molecule has 0 aliphatic carbocycles. The van der Waals surface area contributed by atoms with Crippen molar-refractivity contribution < 1.29 is 57.4 Å². The molecule has 0 fully saturated rings. The van der Waals surface area contributed by atoms with Crippen LogP contribution < -0.4 is 45.0 Å². The Balaban J connectivity index is 0.00000385. The van der Waals surface area contributed by atoms with Crippen LogP contribution in [0.2, 0.25) is 5.02 Å². The van der Waals surface area contributed by atoms with E-state index in [-0.39, 0.29) is 70.5 Å². The second-order valence-electron chi connectivity index (χ2n) is 6.83. The molecule has 2 aromatic heterocycles. The number of rotatable bonds is 8. The minimum absolute atomic E-state index is 0. The van der Waals surface area contributed by atoms with E-state index in [1.807, 2.05) is 0 Å². The van der Waals surface area contributed by atoms with Crippen molar-refractivity contribution in [1.29, 1.82) is 0 Å². The smallest absolute Gasteiger partial charge is 0.548 e. The van der Waals surface area contributed by atoms with E-state index >= 15 is 0 Å². The molecule has 3 aromatic rings. The van der Waals surface area contributed by atoms with E-state index in [0.29, 0.717) is 9.92 Å². The minimum Gasteiger partial charge on any atom is -0.548 e. The summed E-state index contributed by atoms with van der Waals surface area (Å²) in [5.74, 6) is -1.53. The van der Waals surface area contributed by atoms with Gasteiger partial charge in [-0.15, -0.1) is 11.8 Å². The first-order valence-corrected chi connectivity index (χ1v) is 10.9. The van der Waals surface area contributed by atoms with Gasteiger partial charge in [-0.1, -0.05) is 11.6 Å². The Labute approximate surface area is 218 Å². The number of carbonyl (C=O) groups is 1. The molecule has 0 radical (unpaired) electrons. The van der Waals surface area contributed by atoms with Crippen LogP contribution in [0.1, 0.15) is 0 Å². The van der Waals surface area contributed by atoms with Gasteiger partial charge in [-0.05, 0) is 30.5 Å². The normalized spacial score (nSPS) is 11.6. The first kappa shape index (κ1) is 27.7. The molecule has 33 heavy (non-hydrogen) atoms. The molecule has 7 nitrogen and oxygen atoms in total. The van der Waals surface area contributed by atoms with Crippen molar-refractivity contribution in [2.75, 3.05) is 38.0 Å². The molecule has 0 atom stereocenters. The fourth-order valence-corrected chi connectivity index (χ4v) is 4.48. The number of aromatic nitrogens is 2. The summed E-state index contributed by atoms with van der Waals surface area (Å²) < 4.78 is 45.5. The Morgan fingerprint density at radius 2 is 1.94 bits per heavy atom. The van der Waals surface area contributed by atoms with Crippen molar-refractivity contribution in [3.8, 4) is 0 Å². The number of benzene rings is 1. The number of pyridine rings is 2. The van der Waals surface area contributed by atoms with Crippen LogP contribution in [0.15, 0.2) is 34.0 Å². The molecule has 2 heterocycles. The van der Waals surface area contributed by atoms with Gasteiger partial charge < -0.3 is 24.1 Å². The Morgan fingerprint density at radius 3 is 2.52 bits per heavy atom. The number of methoxy groups -OCH3 is 1. The molecule has 13 heteroatoms. The van der Waals surface area contributed by atoms with E-state index in [9.17, 15) is 27.9 Å². The average Bonchev–Trinajstić information content (AvgIpc) is 2.72. The first-order valence-electron chi connectivity index (χ1n) is 9.27. The zero-order chi connectivity index (χ0) is 23.6. The fraction of sp³-hybridized carbons (Fsp3) is 0.350. The largest absolute Gasteiger partial charge is 1.00 e. The Morgan fingerprint density at radius 1 is 1.27 bits per heavy atom. The van der Waals surface area contributed by atoms with Gasteiger partial charge in [0.25, 0.3) is 0 Å². The van der Waals surface area contributed by atoms with Crippen molar-refractivity contribution >= 4 is 57.1 Å². The summed E-state index contributed by atoms with van der Waals surface area (Å²) in [5.41, 5.74) is -0.281. The van der Waals surface area contributed by atoms with Crippen molar-refractivity contribution in [3.05, 3.63) is 39.5 Å².